The first-order valence-corrected chi connectivity index (χ1v) is 7.57. The van der Waals surface area contributed by atoms with Gasteiger partial charge in [-0.15, -0.1) is 0 Å². The Labute approximate surface area is 130 Å². The van der Waals surface area contributed by atoms with Gasteiger partial charge in [-0.05, 0) is 53.3 Å². The molecule has 0 spiro atoms. The summed E-state index contributed by atoms with van der Waals surface area (Å²) < 4.78 is 5.25. The van der Waals surface area contributed by atoms with E-state index in [0.29, 0.717) is 0 Å². The summed E-state index contributed by atoms with van der Waals surface area (Å²) in [7, 11) is 1.69. The Kier molecular flexibility index (Phi) is 3.15. The van der Waals surface area contributed by atoms with Crippen LogP contribution in [-0.4, -0.2) is 12.1 Å². The molecule has 0 bridgehead atoms. The van der Waals surface area contributed by atoms with Gasteiger partial charge in [0.2, 0.25) is 0 Å². The lowest BCUT2D eigenvalue weighted by Gasteiger charge is -2.21. The summed E-state index contributed by atoms with van der Waals surface area (Å²) in [6.45, 7) is 0. The molecule has 0 N–H and O–H groups in total. The summed E-state index contributed by atoms with van der Waals surface area (Å²) in [5.41, 5.74) is 7.66. The number of aryl methyl sites for hydroxylation is 1. The second-order valence-corrected chi connectivity index (χ2v) is 5.57. The van der Waals surface area contributed by atoms with E-state index in [9.17, 15) is 0 Å². The number of ether oxygens (including phenoxy) is 1. The van der Waals surface area contributed by atoms with Crippen molar-refractivity contribution < 1.29 is 4.74 Å². The van der Waals surface area contributed by atoms with Crippen LogP contribution in [0.3, 0.4) is 0 Å². The third-order valence-electron chi connectivity index (χ3n) is 4.37. The molecule has 1 aliphatic carbocycles. The molecule has 1 aliphatic rings. The summed E-state index contributed by atoms with van der Waals surface area (Å²) >= 11 is 0. The van der Waals surface area contributed by atoms with Crippen LogP contribution >= 0.6 is 0 Å². The number of fused-ring (bicyclic) bond motifs is 3. The first kappa shape index (κ1) is 13.1. The fourth-order valence-corrected chi connectivity index (χ4v) is 3.25. The number of benzene rings is 2. The highest BCUT2D eigenvalue weighted by molar-refractivity contribution is 5.79. The normalized spacial score (nSPS) is 12.4. The van der Waals surface area contributed by atoms with Crippen LogP contribution in [0.25, 0.3) is 22.4 Å². The van der Waals surface area contributed by atoms with Crippen LogP contribution in [0.5, 0.6) is 5.75 Å². The van der Waals surface area contributed by atoms with E-state index in [1.807, 2.05) is 18.3 Å². The van der Waals surface area contributed by atoms with Gasteiger partial charge in [0, 0.05) is 11.8 Å². The number of nitrogens with zero attached hydrogens (tertiary/aromatic N) is 1. The van der Waals surface area contributed by atoms with Crippen molar-refractivity contribution in [2.75, 3.05) is 7.11 Å². The van der Waals surface area contributed by atoms with E-state index >= 15 is 0 Å². The summed E-state index contributed by atoms with van der Waals surface area (Å²) in [6.07, 6.45) is 4.04. The fraction of sp³-hybridized carbons (Fsp3) is 0.150. The van der Waals surface area contributed by atoms with Gasteiger partial charge in [0.15, 0.2) is 0 Å². The molecule has 108 valence electrons. The molecule has 22 heavy (non-hydrogen) atoms. The average Bonchev–Trinajstić information content (AvgIpc) is 2.61. The van der Waals surface area contributed by atoms with Crippen molar-refractivity contribution in [2.45, 2.75) is 12.8 Å². The van der Waals surface area contributed by atoms with Gasteiger partial charge in [-0.25, -0.2) is 0 Å². The molecule has 1 aromatic heterocycles. The molecule has 0 aliphatic heterocycles. The van der Waals surface area contributed by atoms with Crippen molar-refractivity contribution in [3.05, 3.63) is 71.9 Å². The zero-order valence-electron chi connectivity index (χ0n) is 12.5. The molecule has 2 heteroatoms. The Bertz CT molecular complexity index is 821. The average molecular weight is 287 g/mol. The van der Waals surface area contributed by atoms with Crippen molar-refractivity contribution in [1.82, 2.24) is 4.98 Å². The van der Waals surface area contributed by atoms with Crippen LogP contribution in [0.2, 0.25) is 0 Å². The van der Waals surface area contributed by atoms with Crippen LogP contribution in [-0.2, 0) is 12.8 Å². The molecular weight excluding hydrogens is 270 g/mol. The lowest BCUT2D eigenvalue weighted by Crippen LogP contribution is -2.07. The Morgan fingerprint density at radius 1 is 0.864 bits per heavy atom. The van der Waals surface area contributed by atoms with Gasteiger partial charge in [-0.1, -0.05) is 36.4 Å². The smallest absolute Gasteiger partial charge is 0.118 e. The number of aromatic nitrogens is 1. The molecule has 2 nitrogen and oxygen atoms in total. The van der Waals surface area contributed by atoms with Gasteiger partial charge in [0.25, 0.3) is 0 Å². The largest absolute Gasteiger partial charge is 0.497 e. The first-order chi connectivity index (χ1) is 10.9. The topological polar surface area (TPSA) is 22.1 Å². The maximum absolute atomic E-state index is 5.25. The number of hydrogen-bond donors (Lipinski definition) is 0. The Balaban J connectivity index is 1.86. The highest BCUT2D eigenvalue weighted by atomic mass is 16.5. The van der Waals surface area contributed by atoms with E-state index in [4.69, 9.17) is 4.74 Å². The second-order valence-electron chi connectivity index (χ2n) is 5.57. The molecule has 0 unspecified atom stereocenters. The van der Waals surface area contributed by atoms with Gasteiger partial charge < -0.3 is 4.74 Å². The summed E-state index contributed by atoms with van der Waals surface area (Å²) in [5, 5.41) is 0. The van der Waals surface area contributed by atoms with Crippen LogP contribution in [0.15, 0.2) is 60.8 Å². The Morgan fingerprint density at radius 3 is 2.50 bits per heavy atom. The predicted molar refractivity (Wildman–Crippen MR) is 89.1 cm³/mol. The van der Waals surface area contributed by atoms with Gasteiger partial charge >= 0.3 is 0 Å². The maximum Gasteiger partial charge on any atom is 0.118 e. The summed E-state index contributed by atoms with van der Waals surface area (Å²) in [6, 6.07) is 19.0. The minimum absolute atomic E-state index is 0.886. The van der Waals surface area contributed by atoms with E-state index in [-0.39, 0.29) is 0 Å². The number of hydrogen-bond acceptors (Lipinski definition) is 2. The molecular formula is C20H17NO. The zero-order valence-corrected chi connectivity index (χ0v) is 12.5. The second kappa shape index (κ2) is 5.30. The molecule has 0 fully saturated rings. The molecule has 3 aromatic rings. The molecule has 2 aromatic carbocycles. The third-order valence-corrected chi connectivity index (χ3v) is 4.37. The molecule has 0 saturated carbocycles. The quantitative estimate of drug-likeness (QED) is 0.691. The van der Waals surface area contributed by atoms with E-state index in [1.165, 1.54) is 27.8 Å². The van der Waals surface area contributed by atoms with Crippen LogP contribution in [0.1, 0.15) is 11.1 Å². The number of rotatable bonds is 2. The molecule has 0 radical (unpaired) electrons. The molecule has 4 rings (SSSR count). The highest BCUT2D eigenvalue weighted by Gasteiger charge is 2.19. The van der Waals surface area contributed by atoms with Crippen LogP contribution in [0.4, 0.5) is 0 Å². The van der Waals surface area contributed by atoms with Crippen molar-refractivity contribution in [3.8, 4) is 28.1 Å². The van der Waals surface area contributed by atoms with Crippen LogP contribution in [0, 0.1) is 0 Å². The monoisotopic (exact) mass is 287 g/mol. The number of pyridine rings is 1. The highest BCUT2D eigenvalue weighted by Crippen LogP contribution is 2.37. The Morgan fingerprint density at radius 2 is 1.68 bits per heavy atom. The lowest BCUT2D eigenvalue weighted by atomic mass is 9.85. The zero-order chi connectivity index (χ0) is 14.9. The van der Waals surface area contributed by atoms with E-state index in [2.05, 4.69) is 47.4 Å². The summed E-state index contributed by atoms with van der Waals surface area (Å²) in [5.74, 6) is 0.886. The predicted octanol–water partition coefficient (Wildman–Crippen LogP) is 4.52. The van der Waals surface area contributed by atoms with Gasteiger partial charge in [-0.3, -0.25) is 4.98 Å². The minimum atomic E-state index is 0.886. The summed E-state index contributed by atoms with van der Waals surface area (Å²) in [4.78, 5) is 4.66. The van der Waals surface area contributed by atoms with Crippen molar-refractivity contribution in [1.29, 1.82) is 0 Å². The molecule has 1 heterocycles. The third kappa shape index (κ3) is 2.08. The SMILES string of the molecule is COc1ccc(-c2ccnc3c2CCc2ccccc2-3)cc1. The molecule has 0 saturated heterocycles. The van der Waals surface area contributed by atoms with Gasteiger partial charge in [0.05, 0.1) is 12.8 Å². The van der Waals surface area contributed by atoms with Crippen LogP contribution < -0.4 is 4.74 Å². The first-order valence-electron chi connectivity index (χ1n) is 7.57. The van der Waals surface area contributed by atoms with Gasteiger partial charge in [-0.2, -0.15) is 0 Å². The van der Waals surface area contributed by atoms with Gasteiger partial charge in [0.1, 0.15) is 5.75 Å². The van der Waals surface area contributed by atoms with E-state index in [0.717, 1.165) is 24.3 Å². The standard InChI is InChI=1S/C20H17NO/c1-22-16-9-6-15(7-10-16)17-12-13-21-20-18-5-3-2-4-14(18)8-11-19(17)20/h2-7,9-10,12-13H,8,11H2,1H3. The number of methoxy groups -OCH3 is 1. The molecule has 0 amide bonds. The van der Waals surface area contributed by atoms with E-state index in [1.54, 1.807) is 7.11 Å². The van der Waals surface area contributed by atoms with Crippen molar-refractivity contribution in [3.63, 3.8) is 0 Å². The maximum atomic E-state index is 5.25. The van der Waals surface area contributed by atoms with Crippen molar-refractivity contribution in [2.24, 2.45) is 0 Å². The lowest BCUT2D eigenvalue weighted by molar-refractivity contribution is 0.415. The van der Waals surface area contributed by atoms with Crippen molar-refractivity contribution >= 4 is 0 Å². The molecule has 0 atom stereocenters. The fourth-order valence-electron chi connectivity index (χ4n) is 3.25. The Hall–Kier alpha value is -2.61. The van der Waals surface area contributed by atoms with E-state index < -0.39 is 0 Å². The minimum Gasteiger partial charge on any atom is -0.497 e.